The average molecular weight is 339 g/mol. The van der Waals surface area contributed by atoms with Crippen LogP contribution < -0.4 is 0 Å². The molecular weight excluding hydrogens is 319 g/mol. The van der Waals surface area contributed by atoms with Crippen LogP contribution in [0.3, 0.4) is 0 Å². The zero-order chi connectivity index (χ0) is 13.4. The lowest BCUT2D eigenvalue weighted by molar-refractivity contribution is 0.202. The zero-order valence-electron chi connectivity index (χ0n) is 11.2. The molecule has 98 valence electrons. The van der Waals surface area contributed by atoms with Crippen LogP contribution in [-0.4, -0.2) is 8.32 Å². The maximum atomic E-state index is 13.6. The lowest BCUT2D eigenvalue weighted by Gasteiger charge is -2.38. The topological polar surface area (TPSA) is 9.23 Å². The first-order valence-electron chi connectivity index (χ1n) is 5.67. The van der Waals surface area contributed by atoms with Gasteiger partial charge in [-0.2, -0.15) is 0 Å². The summed E-state index contributed by atoms with van der Waals surface area (Å²) in [6.45, 7) is 12.9. The molecule has 1 rings (SSSR count). The van der Waals surface area contributed by atoms with Crippen molar-refractivity contribution < 1.29 is 8.82 Å². The number of hydrogen-bond donors (Lipinski definition) is 0. The summed E-state index contributed by atoms with van der Waals surface area (Å²) in [5.74, 6) is -0.173. The summed E-state index contributed by atoms with van der Waals surface area (Å²) in [6, 6.07) is 1.51. The van der Waals surface area contributed by atoms with Crippen molar-refractivity contribution in [2.75, 3.05) is 0 Å². The lowest BCUT2D eigenvalue weighted by atomic mass is 10.2. The standard InChI is InChI=1S/C12H20BrFOSSi/c1-8(11-9(14)7-10(13)16-11)15-17(5,6)12(2,3)4/h7-8H,1-6H3. The van der Waals surface area contributed by atoms with Crippen molar-refractivity contribution in [2.24, 2.45) is 0 Å². The molecule has 0 saturated carbocycles. The van der Waals surface area contributed by atoms with Gasteiger partial charge in [0, 0.05) is 0 Å². The Kier molecular flexibility index (Phi) is 4.61. The number of thiophene rings is 1. The summed E-state index contributed by atoms with van der Waals surface area (Å²) in [4.78, 5) is 0.682. The van der Waals surface area contributed by atoms with E-state index in [-0.39, 0.29) is 17.0 Å². The van der Waals surface area contributed by atoms with Crippen LogP contribution in [0.4, 0.5) is 4.39 Å². The molecule has 0 saturated heterocycles. The van der Waals surface area contributed by atoms with Crippen LogP contribution in [0.25, 0.3) is 0 Å². The van der Waals surface area contributed by atoms with E-state index in [9.17, 15) is 4.39 Å². The predicted octanol–water partition coefficient (Wildman–Crippen LogP) is 5.73. The van der Waals surface area contributed by atoms with Gasteiger partial charge < -0.3 is 4.43 Å². The summed E-state index contributed by atoms with van der Waals surface area (Å²) in [5.41, 5.74) is 0. The molecule has 1 aromatic rings. The molecule has 0 spiro atoms. The van der Waals surface area contributed by atoms with Crippen molar-refractivity contribution in [3.8, 4) is 0 Å². The predicted molar refractivity (Wildman–Crippen MR) is 78.7 cm³/mol. The Bertz CT molecular complexity index is 398. The quantitative estimate of drug-likeness (QED) is 0.639. The molecule has 0 radical (unpaired) electrons. The Hall–Kier alpha value is 0.287. The highest BCUT2D eigenvalue weighted by atomic mass is 79.9. The molecule has 0 fully saturated rings. The summed E-state index contributed by atoms with van der Waals surface area (Å²) in [6.07, 6.45) is -0.174. The van der Waals surface area contributed by atoms with Crippen LogP contribution in [0.2, 0.25) is 18.1 Å². The second kappa shape index (κ2) is 5.11. The Morgan fingerprint density at radius 3 is 2.29 bits per heavy atom. The Morgan fingerprint density at radius 1 is 1.41 bits per heavy atom. The minimum Gasteiger partial charge on any atom is -0.409 e. The minimum absolute atomic E-state index is 0.145. The summed E-state index contributed by atoms with van der Waals surface area (Å²) < 4.78 is 20.6. The maximum Gasteiger partial charge on any atom is 0.192 e. The fourth-order valence-electron chi connectivity index (χ4n) is 1.30. The molecule has 1 aromatic heterocycles. The summed E-state index contributed by atoms with van der Waals surface area (Å²) in [7, 11) is -1.84. The van der Waals surface area contributed by atoms with Crippen molar-refractivity contribution >= 4 is 35.6 Å². The number of halogens is 2. The van der Waals surface area contributed by atoms with Gasteiger partial charge in [0.2, 0.25) is 0 Å². The van der Waals surface area contributed by atoms with Gasteiger partial charge in [-0.3, -0.25) is 0 Å². The van der Waals surface area contributed by atoms with E-state index < -0.39 is 8.32 Å². The van der Waals surface area contributed by atoms with Crippen LogP contribution in [0, 0.1) is 5.82 Å². The monoisotopic (exact) mass is 338 g/mol. The second-order valence-electron chi connectivity index (χ2n) is 5.78. The highest BCUT2D eigenvalue weighted by Gasteiger charge is 2.39. The molecule has 1 heterocycles. The first-order chi connectivity index (χ1) is 7.54. The van der Waals surface area contributed by atoms with E-state index in [4.69, 9.17) is 4.43 Å². The van der Waals surface area contributed by atoms with Crippen LogP contribution in [0.15, 0.2) is 9.85 Å². The first-order valence-corrected chi connectivity index (χ1v) is 10.2. The van der Waals surface area contributed by atoms with E-state index in [0.29, 0.717) is 4.88 Å². The molecule has 0 amide bonds. The number of hydrogen-bond acceptors (Lipinski definition) is 2. The molecule has 0 aliphatic carbocycles. The Labute approximate surface area is 117 Å². The van der Waals surface area contributed by atoms with E-state index in [2.05, 4.69) is 49.8 Å². The lowest BCUT2D eigenvalue weighted by Crippen LogP contribution is -2.41. The van der Waals surface area contributed by atoms with Crippen molar-refractivity contribution in [3.63, 3.8) is 0 Å². The van der Waals surface area contributed by atoms with Crippen LogP contribution in [0.1, 0.15) is 38.7 Å². The van der Waals surface area contributed by atoms with E-state index in [1.54, 1.807) is 0 Å². The second-order valence-corrected chi connectivity index (χ2v) is 13.0. The normalized spacial score (nSPS) is 15.1. The van der Waals surface area contributed by atoms with Gasteiger partial charge in [0.25, 0.3) is 0 Å². The third kappa shape index (κ3) is 3.62. The van der Waals surface area contributed by atoms with Crippen molar-refractivity contribution in [3.05, 3.63) is 20.5 Å². The van der Waals surface area contributed by atoms with Crippen molar-refractivity contribution in [1.29, 1.82) is 0 Å². The van der Waals surface area contributed by atoms with E-state index in [1.165, 1.54) is 17.4 Å². The molecule has 0 aliphatic rings. The first kappa shape index (κ1) is 15.3. The molecule has 1 nitrogen and oxygen atoms in total. The van der Waals surface area contributed by atoms with Gasteiger partial charge in [-0.05, 0) is 47.1 Å². The molecule has 17 heavy (non-hydrogen) atoms. The van der Waals surface area contributed by atoms with Crippen LogP contribution in [-0.2, 0) is 4.43 Å². The van der Waals surface area contributed by atoms with Crippen molar-refractivity contribution in [1.82, 2.24) is 0 Å². The molecule has 0 bridgehead atoms. The summed E-state index contributed by atoms with van der Waals surface area (Å²) in [5, 5.41) is 0.145. The molecule has 0 N–H and O–H groups in total. The Morgan fingerprint density at radius 2 is 1.94 bits per heavy atom. The van der Waals surface area contributed by atoms with Gasteiger partial charge in [0.05, 0.1) is 14.8 Å². The third-order valence-electron chi connectivity index (χ3n) is 3.33. The average Bonchev–Trinajstić information content (AvgIpc) is 2.42. The van der Waals surface area contributed by atoms with E-state index in [1.807, 2.05) is 6.92 Å². The highest BCUT2D eigenvalue weighted by Crippen LogP contribution is 2.41. The zero-order valence-corrected chi connectivity index (χ0v) is 14.6. The fourth-order valence-corrected chi connectivity index (χ4v) is 4.21. The Balaban J connectivity index is 2.86. The van der Waals surface area contributed by atoms with E-state index >= 15 is 0 Å². The van der Waals surface area contributed by atoms with Gasteiger partial charge >= 0.3 is 0 Å². The molecule has 5 heteroatoms. The van der Waals surface area contributed by atoms with Gasteiger partial charge in [-0.1, -0.05) is 20.8 Å². The van der Waals surface area contributed by atoms with Crippen LogP contribution >= 0.6 is 27.3 Å². The summed E-state index contributed by atoms with van der Waals surface area (Å²) >= 11 is 4.72. The van der Waals surface area contributed by atoms with Gasteiger partial charge in [0.15, 0.2) is 8.32 Å². The van der Waals surface area contributed by atoms with Crippen LogP contribution in [0.5, 0.6) is 0 Å². The molecule has 0 aliphatic heterocycles. The van der Waals surface area contributed by atoms with Gasteiger partial charge in [-0.15, -0.1) is 11.3 Å². The molecule has 0 aromatic carbocycles. The molecule has 1 atom stereocenters. The van der Waals surface area contributed by atoms with Gasteiger partial charge in [-0.25, -0.2) is 4.39 Å². The maximum absolute atomic E-state index is 13.6. The minimum atomic E-state index is -1.84. The van der Waals surface area contributed by atoms with E-state index in [0.717, 1.165) is 3.79 Å². The SMILES string of the molecule is CC(O[Si](C)(C)C(C)(C)C)c1sc(Br)cc1F. The highest BCUT2D eigenvalue weighted by molar-refractivity contribution is 9.11. The third-order valence-corrected chi connectivity index (χ3v) is 9.66. The number of rotatable bonds is 3. The van der Waals surface area contributed by atoms with Crippen molar-refractivity contribution in [2.45, 2.75) is 51.9 Å². The van der Waals surface area contributed by atoms with Gasteiger partial charge in [0.1, 0.15) is 5.82 Å². The fraction of sp³-hybridized carbons (Fsp3) is 0.667. The smallest absolute Gasteiger partial charge is 0.192 e. The molecular formula is C12H20BrFOSSi. The molecule has 1 unspecified atom stereocenters. The largest absolute Gasteiger partial charge is 0.409 e.